The molecule has 7 nitrogen and oxygen atoms in total. The average Bonchev–Trinajstić information content (AvgIpc) is 2.58. The lowest BCUT2D eigenvalue weighted by molar-refractivity contribution is 0.470. The number of aromatic nitrogens is 1. The molecule has 25 heavy (non-hydrogen) atoms. The highest BCUT2D eigenvalue weighted by atomic mass is 127. The van der Waals surface area contributed by atoms with Crippen LogP contribution in [0.15, 0.2) is 47.1 Å². The molecule has 0 aliphatic heterocycles. The number of allylic oxidation sites excluding steroid dienone is 1. The van der Waals surface area contributed by atoms with Crippen LogP contribution in [0.2, 0.25) is 0 Å². The van der Waals surface area contributed by atoms with Crippen LogP contribution in [-0.4, -0.2) is 57.5 Å². The van der Waals surface area contributed by atoms with Crippen LogP contribution in [0, 0.1) is 0 Å². The average molecular weight is 481 g/mol. The first kappa shape index (κ1) is 23.8. The molecule has 0 aliphatic carbocycles. The van der Waals surface area contributed by atoms with Gasteiger partial charge in [0.25, 0.3) is 0 Å². The zero-order valence-corrected chi connectivity index (χ0v) is 18.0. The fourth-order valence-corrected chi connectivity index (χ4v) is 2.96. The van der Waals surface area contributed by atoms with E-state index in [2.05, 4.69) is 26.6 Å². The zero-order valence-electron chi connectivity index (χ0n) is 14.8. The predicted molar refractivity (Wildman–Crippen MR) is 113 cm³/mol. The second-order valence-corrected chi connectivity index (χ2v) is 6.94. The number of rotatable bonds is 10. The number of unbranched alkanes of at least 4 members (excludes halogenated alkanes) is 1. The number of hydrogen-bond acceptors (Lipinski definition) is 4. The maximum absolute atomic E-state index is 12.1. The summed E-state index contributed by atoms with van der Waals surface area (Å²) in [7, 11) is -1.57. The summed E-state index contributed by atoms with van der Waals surface area (Å²) in [6.45, 7) is 7.91. The molecule has 0 saturated heterocycles. The Hall–Kier alpha value is -1.20. The number of nitrogens with one attached hydrogen (secondary N) is 2. The molecule has 0 spiro atoms. The summed E-state index contributed by atoms with van der Waals surface area (Å²) in [6.07, 6.45) is 6.70. The van der Waals surface area contributed by atoms with Crippen molar-refractivity contribution < 1.29 is 8.42 Å². The van der Waals surface area contributed by atoms with E-state index >= 15 is 0 Å². The summed E-state index contributed by atoms with van der Waals surface area (Å²) in [6, 6.07) is 3.10. The first-order valence-corrected chi connectivity index (χ1v) is 9.49. The Bertz CT molecular complexity index is 623. The molecule has 1 heterocycles. The molecule has 9 heteroatoms. The van der Waals surface area contributed by atoms with E-state index in [9.17, 15) is 8.42 Å². The molecule has 0 amide bonds. The molecule has 1 aromatic rings. The number of guanidine groups is 1. The standard InChI is InChI=1S/C16H27N5O2S.HI/c1-4-6-7-13-21(3)16(18-5-2)19-11-12-20-24(22,23)15-9-8-10-17-14-15;/h4,8-10,14,20H,1,5-7,11-13H2,2-3H3,(H,18,19);1H. The minimum absolute atomic E-state index is 0. The van der Waals surface area contributed by atoms with E-state index in [0.29, 0.717) is 6.54 Å². The van der Waals surface area contributed by atoms with Crippen molar-refractivity contribution in [2.75, 3.05) is 33.2 Å². The lowest BCUT2D eigenvalue weighted by atomic mass is 10.3. The fraction of sp³-hybridized carbons (Fsp3) is 0.500. The second-order valence-electron chi connectivity index (χ2n) is 5.17. The molecule has 0 aromatic carbocycles. The SMILES string of the molecule is C=CCCCN(C)C(=NCCNS(=O)(=O)c1cccnc1)NCC.I. The number of nitrogens with zero attached hydrogens (tertiary/aromatic N) is 3. The van der Waals surface area contributed by atoms with Gasteiger partial charge >= 0.3 is 0 Å². The fourth-order valence-electron chi connectivity index (χ4n) is 1.98. The lowest BCUT2D eigenvalue weighted by Crippen LogP contribution is -2.40. The van der Waals surface area contributed by atoms with Gasteiger partial charge in [-0.2, -0.15) is 0 Å². The van der Waals surface area contributed by atoms with E-state index in [4.69, 9.17) is 0 Å². The largest absolute Gasteiger partial charge is 0.357 e. The van der Waals surface area contributed by atoms with E-state index in [1.165, 1.54) is 18.5 Å². The minimum atomic E-state index is -3.54. The van der Waals surface area contributed by atoms with E-state index in [1.807, 2.05) is 24.9 Å². The summed E-state index contributed by atoms with van der Waals surface area (Å²) in [5.74, 6) is 0.766. The molecular weight excluding hydrogens is 453 g/mol. The molecule has 1 rings (SSSR count). The van der Waals surface area contributed by atoms with Crippen molar-refractivity contribution in [2.45, 2.75) is 24.7 Å². The third kappa shape index (κ3) is 9.17. The van der Waals surface area contributed by atoms with Crippen LogP contribution in [0.1, 0.15) is 19.8 Å². The number of aliphatic imine (C=N–C) groups is 1. The topological polar surface area (TPSA) is 86.7 Å². The molecule has 0 unspecified atom stereocenters. The van der Waals surface area contributed by atoms with Crippen molar-refractivity contribution >= 4 is 40.0 Å². The van der Waals surface area contributed by atoms with Crippen LogP contribution < -0.4 is 10.0 Å². The highest BCUT2D eigenvalue weighted by molar-refractivity contribution is 14.0. The van der Waals surface area contributed by atoms with Crippen molar-refractivity contribution in [1.29, 1.82) is 0 Å². The summed E-state index contributed by atoms with van der Waals surface area (Å²) < 4.78 is 26.7. The van der Waals surface area contributed by atoms with Crippen molar-refractivity contribution in [1.82, 2.24) is 19.9 Å². The van der Waals surface area contributed by atoms with E-state index in [-0.39, 0.29) is 35.4 Å². The van der Waals surface area contributed by atoms with Gasteiger partial charge in [0.2, 0.25) is 10.0 Å². The van der Waals surface area contributed by atoms with Gasteiger partial charge in [0, 0.05) is 39.1 Å². The van der Waals surface area contributed by atoms with Gasteiger partial charge in [-0.25, -0.2) is 13.1 Å². The smallest absolute Gasteiger partial charge is 0.242 e. The van der Waals surface area contributed by atoms with Gasteiger partial charge in [-0.3, -0.25) is 9.98 Å². The summed E-state index contributed by atoms with van der Waals surface area (Å²) >= 11 is 0. The molecule has 1 aromatic heterocycles. The van der Waals surface area contributed by atoms with Crippen LogP contribution in [0.25, 0.3) is 0 Å². The number of hydrogen-bond donors (Lipinski definition) is 2. The van der Waals surface area contributed by atoms with Crippen LogP contribution in [0.3, 0.4) is 0 Å². The van der Waals surface area contributed by atoms with Crippen molar-refractivity contribution in [3.63, 3.8) is 0 Å². The van der Waals surface area contributed by atoms with Crippen molar-refractivity contribution in [3.8, 4) is 0 Å². The van der Waals surface area contributed by atoms with Gasteiger partial charge in [-0.15, -0.1) is 30.6 Å². The monoisotopic (exact) mass is 481 g/mol. The Morgan fingerprint density at radius 2 is 2.24 bits per heavy atom. The molecular formula is C16H28IN5O2S. The van der Waals surface area contributed by atoms with Crippen LogP contribution in [-0.2, 0) is 10.0 Å². The van der Waals surface area contributed by atoms with E-state index in [1.54, 1.807) is 6.07 Å². The van der Waals surface area contributed by atoms with Crippen molar-refractivity contribution in [3.05, 3.63) is 37.2 Å². The Labute approximate surface area is 168 Å². The molecule has 0 atom stereocenters. The van der Waals surface area contributed by atoms with Crippen LogP contribution in [0.4, 0.5) is 0 Å². The zero-order chi connectivity index (χ0) is 17.8. The lowest BCUT2D eigenvalue weighted by Gasteiger charge is -2.21. The Morgan fingerprint density at radius 3 is 2.84 bits per heavy atom. The van der Waals surface area contributed by atoms with E-state index in [0.717, 1.165) is 31.9 Å². The highest BCUT2D eigenvalue weighted by Crippen LogP contribution is 2.04. The molecule has 142 valence electrons. The molecule has 0 fully saturated rings. The van der Waals surface area contributed by atoms with Crippen molar-refractivity contribution in [2.24, 2.45) is 4.99 Å². The Morgan fingerprint density at radius 1 is 1.48 bits per heavy atom. The molecule has 0 radical (unpaired) electrons. The number of halogens is 1. The van der Waals surface area contributed by atoms with Crippen LogP contribution >= 0.6 is 24.0 Å². The van der Waals surface area contributed by atoms with Gasteiger partial charge in [0.05, 0.1) is 6.54 Å². The van der Waals surface area contributed by atoms with Gasteiger partial charge in [-0.1, -0.05) is 6.08 Å². The first-order valence-electron chi connectivity index (χ1n) is 8.01. The summed E-state index contributed by atoms with van der Waals surface area (Å²) in [5.41, 5.74) is 0. The van der Waals surface area contributed by atoms with Gasteiger partial charge in [-0.05, 0) is 31.9 Å². The molecule has 0 aliphatic rings. The first-order chi connectivity index (χ1) is 11.5. The predicted octanol–water partition coefficient (Wildman–Crippen LogP) is 1.84. The third-order valence-corrected chi connectivity index (χ3v) is 4.65. The molecule has 2 N–H and O–H groups in total. The minimum Gasteiger partial charge on any atom is -0.357 e. The Balaban J connectivity index is 0.00000576. The quantitative estimate of drug-likeness (QED) is 0.175. The summed E-state index contributed by atoms with van der Waals surface area (Å²) in [5, 5.41) is 3.20. The normalized spacial score (nSPS) is 11.5. The van der Waals surface area contributed by atoms with Gasteiger partial charge in [0.15, 0.2) is 5.96 Å². The Kier molecular flexibility index (Phi) is 12.4. The third-order valence-electron chi connectivity index (χ3n) is 3.21. The highest BCUT2D eigenvalue weighted by Gasteiger charge is 2.12. The molecule has 0 bridgehead atoms. The number of sulfonamides is 1. The van der Waals surface area contributed by atoms with Gasteiger partial charge < -0.3 is 10.2 Å². The summed E-state index contributed by atoms with van der Waals surface area (Å²) in [4.78, 5) is 10.5. The number of pyridine rings is 1. The van der Waals surface area contributed by atoms with E-state index < -0.39 is 10.0 Å². The maximum Gasteiger partial charge on any atom is 0.242 e. The molecule has 0 saturated carbocycles. The second kappa shape index (κ2) is 13.1. The maximum atomic E-state index is 12.1. The van der Waals surface area contributed by atoms with Gasteiger partial charge in [0.1, 0.15) is 4.90 Å². The van der Waals surface area contributed by atoms with Crippen LogP contribution in [0.5, 0.6) is 0 Å².